The monoisotopic (exact) mass is 334 g/mol. The number of esters is 1. The third-order valence-electron chi connectivity index (χ3n) is 2.68. The number of ether oxygens (including phenoxy) is 3. The summed E-state index contributed by atoms with van der Waals surface area (Å²) in [5.74, 6) is -0.625. The van der Waals surface area contributed by atoms with E-state index in [2.05, 4.69) is 6.58 Å². The highest BCUT2D eigenvalue weighted by atomic mass is 16.7. The van der Waals surface area contributed by atoms with Crippen LogP contribution >= 0.6 is 0 Å². The van der Waals surface area contributed by atoms with Crippen molar-refractivity contribution in [1.29, 1.82) is 0 Å². The molecule has 0 aliphatic carbocycles. The molecule has 1 rings (SSSR count). The molecule has 0 aromatic heterocycles. The number of hydrogen-bond donors (Lipinski definition) is 0. The van der Waals surface area contributed by atoms with Crippen LogP contribution in [0.2, 0.25) is 0 Å². The van der Waals surface area contributed by atoms with Gasteiger partial charge < -0.3 is 14.2 Å². The Balaban J connectivity index is 3.00. The van der Waals surface area contributed by atoms with Crippen LogP contribution in [-0.2, 0) is 19.0 Å². The Morgan fingerprint density at radius 2 is 1.42 bits per heavy atom. The number of carbonyl (C=O) groups excluding carboxylic acids is 2. The fourth-order valence-electron chi connectivity index (χ4n) is 1.79. The number of rotatable bonds is 4. The Hall–Kier alpha value is -2.30. The average molecular weight is 334 g/mol. The first-order chi connectivity index (χ1) is 10.9. The molecule has 0 aliphatic heterocycles. The summed E-state index contributed by atoms with van der Waals surface area (Å²) >= 11 is 0. The predicted octanol–water partition coefficient (Wildman–Crippen LogP) is 4.58. The van der Waals surface area contributed by atoms with Gasteiger partial charge in [0.1, 0.15) is 11.2 Å². The highest BCUT2D eigenvalue weighted by Crippen LogP contribution is 2.28. The molecule has 1 aromatic carbocycles. The van der Waals surface area contributed by atoms with E-state index >= 15 is 0 Å². The summed E-state index contributed by atoms with van der Waals surface area (Å²) in [6.45, 7) is 14.2. The van der Waals surface area contributed by atoms with Crippen molar-refractivity contribution in [2.45, 2.75) is 58.8 Å². The minimum atomic E-state index is -0.976. The molecular weight excluding hydrogens is 308 g/mol. The standard InChI is InChI=1S/C19H26O5/c1-13(16(20)23-18(2,3)4)15(14-11-9-8-10-12-14)22-17(21)24-19(5,6)7/h8-12,15H,1H2,2-7H3. The predicted molar refractivity (Wildman–Crippen MR) is 91.5 cm³/mol. The smallest absolute Gasteiger partial charge is 0.457 e. The summed E-state index contributed by atoms with van der Waals surface area (Å²) in [5, 5.41) is 0. The van der Waals surface area contributed by atoms with E-state index in [-0.39, 0.29) is 5.57 Å². The first-order valence-corrected chi connectivity index (χ1v) is 7.76. The molecule has 0 radical (unpaired) electrons. The Kier molecular flexibility index (Phi) is 6.18. The lowest BCUT2D eigenvalue weighted by Crippen LogP contribution is -2.29. The molecule has 132 valence electrons. The molecule has 0 spiro atoms. The lowest BCUT2D eigenvalue weighted by Gasteiger charge is -2.25. The van der Waals surface area contributed by atoms with E-state index in [1.807, 2.05) is 6.07 Å². The summed E-state index contributed by atoms with van der Waals surface area (Å²) in [4.78, 5) is 24.3. The molecule has 0 aliphatic rings. The van der Waals surface area contributed by atoms with Crippen molar-refractivity contribution < 1.29 is 23.8 Å². The second kappa shape index (κ2) is 7.51. The van der Waals surface area contributed by atoms with Crippen LogP contribution in [0, 0.1) is 0 Å². The Bertz CT molecular complexity index is 590. The Labute approximate surface area is 143 Å². The Morgan fingerprint density at radius 3 is 1.88 bits per heavy atom. The van der Waals surface area contributed by atoms with E-state index in [0.717, 1.165) is 0 Å². The van der Waals surface area contributed by atoms with Crippen LogP contribution in [0.25, 0.3) is 0 Å². The topological polar surface area (TPSA) is 61.8 Å². The molecule has 5 heteroatoms. The van der Waals surface area contributed by atoms with Gasteiger partial charge in [0.05, 0.1) is 5.57 Å². The molecule has 5 nitrogen and oxygen atoms in total. The van der Waals surface area contributed by atoms with Gasteiger partial charge in [-0.15, -0.1) is 0 Å². The molecule has 0 bridgehead atoms. The van der Waals surface area contributed by atoms with E-state index in [1.54, 1.807) is 65.8 Å². The molecule has 0 saturated carbocycles. The quantitative estimate of drug-likeness (QED) is 0.596. The summed E-state index contributed by atoms with van der Waals surface area (Å²) in [6.07, 6.45) is -1.85. The molecule has 1 aromatic rings. The van der Waals surface area contributed by atoms with Gasteiger partial charge in [-0.2, -0.15) is 0 Å². The van der Waals surface area contributed by atoms with Crippen molar-refractivity contribution in [3.8, 4) is 0 Å². The van der Waals surface area contributed by atoms with Crippen molar-refractivity contribution in [3.05, 3.63) is 48.0 Å². The maximum Gasteiger partial charge on any atom is 0.509 e. The van der Waals surface area contributed by atoms with Gasteiger partial charge in [0.2, 0.25) is 0 Å². The van der Waals surface area contributed by atoms with Gasteiger partial charge >= 0.3 is 12.1 Å². The van der Waals surface area contributed by atoms with Gasteiger partial charge in [0, 0.05) is 0 Å². The van der Waals surface area contributed by atoms with Gasteiger partial charge in [-0.3, -0.25) is 0 Å². The van der Waals surface area contributed by atoms with Crippen molar-refractivity contribution in [2.75, 3.05) is 0 Å². The molecule has 0 fully saturated rings. The molecule has 0 amide bonds. The van der Waals surface area contributed by atoms with Crippen LogP contribution in [0.5, 0.6) is 0 Å². The minimum Gasteiger partial charge on any atom is -0.457 e. The summed E-state index contributed by atoms with van der Waals surface area (Å²) in [7, 11) is 0. The zero-order valence-corrected chi connectivity index (χ0v) is 15.2. The lowest BCUT2D eigenvalue weighted by molar-refractivity contribution is -0.151. The zero-order chi connectivity index (χ0) is 18.5. The first kappa shape index (κ1) is 19.7. The van der Waals surface area contributed by atoms with Gasteiger partial charge in [-0.25, -0.2) is 9.59 Å². The highest BCUT2D eigenvalue weighted by molar-refractivity contribution is 5.89. The summed E-state index contributed by atoms with van der Waals surface area (Å²) in [5.41, 5.74) is -0.736. The van der Waals surface area contributed by atoms with E-state index in [1.165, 1.54) is 0 Å². The molecular formula is C19H26O5. The fourth-order valence-corrected chi connectivity index (χ4v) is 1.79. The van der Waals surface area contributed by atoms with Gasteiger partial charge in [-0.1, -0.05) is 36.9 Å². The Morgan fingerprint density at radius 1 is 0.917 bits per heavy atom. The van der Waals surface area contributed by atoms with Crippen LogP contribution in [0.15, 0.2) is 42.5 Å². The maximum absolute atomic E-state index is 12.3. The lowest BCUT2D eigenvalue weighted by atomic mass is 10.0. The first-order valence-electron chi connectivity index (χ1n) is 7.76. The van der Waals surface area contributed by atoms with Crippen LogP contribution in [0.1, 0.15) is 53.2 Å². The van der Waals surface area contributed by atoms with Crippen molar-refractivity contribution in [2.24, 2.45) is 0 Å². The molecule has 0 saturated heterocycles. The average Bonchev–Trinajstić information content (AvgIpc) is 2.41. The largest absolute Gasteiger partial charge is 0.509 e. The van der Waals surface area contributed by atoms with Gasteiger partial charge in [-0.05, 0) is 47.1 Å². The number of benzene rings is 1. The SMILES string of the molecule is C=C(C(=O)OC(C)(C)C)C(OC(=O)OC(C)(C)C)c1ccccc1. The van der Waals surface area contributed by atoms with E-state index in [4.69, 9.17) is 14.2 Å². The van der Waals surface area contributed by atoms with E-state index in [0.29, 0.717) is 5.56 Å². The summed E-state index contributed by atoms with van der Waals surface area (Å²) in [6, 6.07) is 8.87. The number of carbonyl (C=O) groups is 2. The third-order valence-corrected chi connectivity index (χ3v) is 2.68. The summed E-state index contributed by atoms with van der Waals surface area (Å²) < 4.78 is 15.8. The van der Waals surface area contributed by atoms with Gasteiger partial charge in [0.15, 0.2) is 6.10 Å². The van der Waals surface area contributed by atoms with Gasteiger partial charge in [0.25, 0.3) is 0 Å². The molecule has 24 heavy (non-hydrogen) atoms. The maximum atomic E-state index is 12.3. The van der Waals surface area contributed by atoms with Crippen molar-refractivity contribution in [3.63, 3.8) is 0 Å². The molecule has 0 N–H and O–H groups in total. The minimum absolute atomic E-state index is 0.0296. The third kappa shape index (κ3) is 6.86. The van der Waals surface area contributed by atoms with Crippen LogP contribution in [-0.4, -0.2) is 23.3 Å². The van der Waals surface area contributed by atoms with Crippen molar-refractivity contribution in [1.82, 2.24) is 0 Å². The second-order valence-corrected chi connectivity index (χ2v) is 7.40. The van der Waals surface area contributed by atoms with Crippen molar-refractivity contribution >= 4 is 12.1 Å². The molecule has 1 atom stereocenters. The van der Waals surface area contributed by atoms with E-state index < -0.39 is 29.4 Å². The fraction of sp³-hybridized carbons (Fsp3) is 0.474. The van der Waals surface area contributed by atoms with Crippen LogP contribution in [0.3, 0.4) is 0 Å². The zero-order valence-electron chi connectivity index (χ0n) is 15.2. The highest BCUT2D eigenvalue weighted by Gasteiger charge is 2.30. The van der Waals surface area contributed by atoms with Crippen LogP contribution in [0.4, 0.5) is 4.79 Å². The van der Waals surface area contributed by atoms with E-state index in [9.17, 15) is 9.59 Å². The molecule has 0 heterocycles. The molecule has 1 unspecified atom stereocenters. The van der Waals surface area contributed by atoms with Crippen LogP contribution < -0.4 is 0 Å². The normalized spacial score (nSPS) is 12.9. The second-order valence-electron chi connectivity index (χ2n) is 7.40. The number of hydrogen-bond acceptors (Lipinski definition) is 5.